The summed E-state index contributed by atoms with van der Waals surface area (Å²) in [4.78, 5) is 12.6. The second-order valence-corrected chi connectivity index (χ2v) is 6.14. The number of halogens is 2. The van der Waals surface area contributed by atoms with Crippen molar-refractivity contribution in [2.75, 3.05) is 0 Å². The summed E-state index contributed by atoms with van der Waals surface area (Å²) < 4.78 is 0.767. The Morgan fingerprint density at radius 3 is 2.52 bits per heavy atom. The van der Waals surface area contributed by atoms with Crippen LogP contribution >= 0.6 is 39.7 Å². The highest BCUT2D eigenvalue weighted by Gasteiger charge is 2.19. The van der Waals surface area contributed by atoms with Gasteiger partial charge >= 0.3 is 0 Å². The maximum absolute atomic E-state index is 12.4. The van der Waals surface area contributed by atoms with Gasteiger partial charge in [0.15, 0.2) is 0 Å². The fourth-order valence-electron chi connectivity index (χ4n) is 1.84. The van der Waals surface area contributed by atoms with Crippen LogP contribution < -0.4 is 11.1 Å². The zero-order valence-corrected chi connectivity index (χ0v) is 14.0. The Kier molecular flexibility index (Phi) is 5.33. The van der Waals surface area contributed by atoms with Crippen LogP contribution in [-0.4, -0.2) is 10.9 Å². The number of hydrogen-bond acceptors (Lipinski definition) is 2. The monoisotopic (exact) mass is 382 g/mol. The third kappa shape index (κ3) is 4.03. The number of thiocarbonyl (C=S) groups is 1. The first-order valence-electron chi connectivity index (χ1n) is 6.09. The number of carbonyl (C=O) groups is 1. The third-order valence-corrected chi connectivity index (χ3v) is 3.92. The minimum Gasteiger partial charge on any atom is -0.391 e. The van der Waals surface area contributed by atoms with E-state index in [1.54, 1.807) is 18.2 Å². The molecule has 0 saturated heterocycles. The predicted octanol–water partition coefficient (Wildman–Crippen LogP) is 3.86. The fourth-order valence-corrected chi connectivity index (χ4v) is 2.60. The van der Waals surface area contributed by atoms with Gasteiger partial charge in [-0.25, -0.2) is 0 Å². The first kappa shape index (κ1) is 15.9. The van der Waals surface area contributed by atoms with Gasteiger partial charge in [-0.3, -0.25) is 4.79 Å². The van der Waals surface area contributed by atoms with E-state index in [0.29, 0.717) is 10.6 Å². The third-order valence-electron chi connectivity index (χ3n) is 2.87. The van der Waals surface area contributed by atoms with Gasteiger partial charge in [0.25, 0.3) is 5.91 Å². The zero-order chi connectivity index (χ0) is 15.4. The average Bonchev–Trinajstić information content (AvgIpc) is 2.47. The van der Waals surface area contributed by atoms with E-state index < -0.39 is 6.04 Å². The van der Waals surface area contributed by atoms with Crippen LogP contribution in [0.1, 0.15) is 22.0 Å². The van der Waals surface area contributed by atoms with Crippen LogP contribution in [0, 0.1) is 0 Å². The molecule has 0 fully saturated rings. The average molecular weight is 384 g/mol. The van der Waals surface area contributed by atoms with E-state index in [4.69, 9.17) is 29.6 Å². The van der Waals surface area contributed by atoms with Crippen molar-refractivity contribution in [2.45, 2.75) is 6.04 Å². The van der Waals surface area contributed by atoms with Crippen LogP contribution in [-0.2, 0) is 0 Å². The highest BCUT2D eigenvalue weighted by Crippen LogP contribution is 2.22. The van der Waals surface area contributed by atoms with Crippen molar-refractivity contribution in [1.29, 1.82) is 0 Å². The van der Waals surface area contributed by atoms with E-state index in [-0.39, 0.29) is 10.9 Å². The number of rotatable bonds is 4. The molecule has 21 heavy (non-hydrogen) atoms. The van der Waals surface area contributed by atoms with Crippen molar-refractivity contribution in [1.82, 2.24) is 5.32 Å². The normalized spacial score (nSPS) is 11.7. The Hall–Kier alpha value is -1.43. The second kappa shape index (κ2) is 7.02. The molecule has 0 saturated carbocycles. The molecule has 0 aliphatic heterocycles. The maximum atomic E-state index is 12.4. The van der Waals surface area contributed by atoms with Gasteiger partial charge in [-0.1, -0.05) is 70.1 Å². The van der Waals surface area contributed by atoms with Crippen molar-refractivity contribution in [3.05, 3.63) is 69.2 Å². The highest BCUT2D eigenvalue weighted by molar-refractivity contribution is 9.10. The Labute approximate surface area is 141 Å². The molecule has 0 heterocycles. The van der Waals surface area contributed by atoms with Crippen LogP contribution in [0.4, 0.5) is 0 Å². The lowest BCUT2D eigenvalue weighted by molar-refractivity contribution is 0.0947. The van der Waals surface area contributed by atoms with Gasteiger partial charge in [0.1, 0.15) is 11.0 Å². The molecule has 0 aromatic heterocycles. The molecule has 0 aliphatic rings. The van der Waals surface area contributed by atoms with Crippen molar-refractivity contribution in [2.24, 2.45) is 5.73 Å². The molecule has 6 heteroatoms. The minimum absolute atomic E-state index is 0.195. The number of carbonyl (C=O) groups excluding carboxylic acids is 1. The maximum Gasteiger partial charge on any atom is 0.253 e. The molecular weight excluding hydrogens is 372 g/mol. The molecule has 3 N–H and O–H groups in total. The SMILES string of the molecule is NC(=S)C(NC(=O)c1cc(Br)ccc1Cl)c1ccccc1. The summed E-state index contributed by atoms with van der Waals surface area (Å²) >= 11 is 14.4. The van der Waals surface area contributed by atoms with Crippen LogP contribution in [0.5, 0.6) is 0 Å². The predicted molar refractivity (Wildman–Crippen MR) is 92.6 cm³/mol. The summed E-state index contributed by atoms with van der Waals surface area (Å²) in [6.45, 7) is 0. The van der Waals surface area contributed by atoms with Crippen molar-refractivity contribution < 1.29 is 4.79 Å². The lowest BCUT2D eigenvalue weighted by atomic mass is 10.1. The quantitative estimate of drug-likeness (QED) is 0.788. The van der Waals surface area contributed by atoms with Crippen LogP contribution in [0.25, 0.3) is 0 Å². The minimum atomic E-state index is -0.538. The number of nitrogens with one attached hydrogen (secondary N) is 1. The molecule has 1 unspecified atom stereocenters. The number of amides is 1. The number of benzene rings is 2. The summed E-state index contributed by atoms with van der Waals surface area (Å²) in [5.41, 5.74) is 6.93. The summed E-state index contributed by atoms with van der Waals surface area (Å²) in [5, 5.41) is 3.17. The molecular formula is C15H12BrClN2OS. The van der Waals surface area contributed by atoms with Gasteiger partial charge in [-0.05, 0) is 23.8 Å². The molecule has 0 radical (unpaired) electrons. The van der Waals surface area contributed by atoms with Crippen LogP contribution in [0.2, 0.25) is 5.02 Å². The Balaban J connectivity index is 2.27. The second-order valence-electron chi connectivity index (χ2n) is 4.34. The Morgan fingerprint density at radius 2 is 1.90 bits per heavy atom. The van der Waals surface area contributed by atoms with Crippen molar-refractivity contribution in [3.8, 4) is 0 Å². The number of hydrogen-bond donors (Lipinski definition) is 2. The first-order chi connectivity index (χ1) is 9.99. The lowest BCUT2D eigenvalue weighted by Gasteiger charge is -2.18. The Morgan fingerprint density at radius 1 is 1.24 bits per heavy atom. The largest absolute Gasteiger partial charge is 0.391 e. The van der Waals surface area contributed by atoms with E-state index >= 15 is 0 Å². The topological polar surface area (TPSA) is 55.1 Å². The molecule has 0 spiro atoms. The van der Waals surface area contributed by atoms with Crippen LogP contribution in [0.3, 0.4) is 0 Å². The lowest BCUT2D eigenvalue weighted by Crippen LogP contribution is -2.36. The summed E-state index contributed by atoms with van der Waals surface area (Å²) in [6.07, 6.45) is 0. The molecule has 2 aromatic carbocycles. The smallest absolute Gasteiger partial charge is 0.253 e. The van der Waals surface area contributed by atoms with Gasteiger partial charge < -0.3 is 11.1 Å². The molecule has 3 nitrogen and oxygen atoms in total. The molecule has 0 bridgehead atoms. The van der Waals surface area contributed by atoms with Crippen LogP contribution in [0.15, 0.2) is 53.0 Å². The van der Waals surface area contributed by atoms with E-state index in [1.807, 2.05) is 30.3 Å². The first-order valence-corrected chi connectivity index (χ1v) is 7.67. The Bertz CT molecular complexity index is 679. The molecule has 108 valence electrons. The van der Waals surface area contributed by atoms with Gasteiger partial charge in [-0.2, -0.15) is 0 Å². The molecule has 1 amide bonds. The van der Waals surface area contributed by atoms with E-state index in [1.165, 1.54) is 0 Å². The van der Waals surface area contributed by atoms with Gasteiger partial charge in [-0.15, -0.1) is 0 Å². The van der Waals surface area contributed by atoms with Gasteiger partial charge in [0.05, 0.1) is 10.6 Å². The summed E-state index contributed by atoms with van der Waals surface area (Å²) in [6, 6.07) is 13.8. The molecule has 2 aromatic rings. The van der Waals surface area contributed by atoms with E-state index in [9.17, 15) is 4.79 Å². The fraction of sp³-hybridized carbons (Fsp3) is 0.0667. The standard InChI is InChI=1S/C15H12BrClN2OS/c16-10-6-7-12(17)11(8-10)15(20)19-13(14(18)21)9-4-2-1-3-5-9/h1-8,13H,(H2,18,21)(H,19,20). The molecule has 1 atom stereocenters. The van der Waals surface area contributed by atoms with Gasteiger partial charge in [0.2, 0.25) is 0 Å². The van der Waals surface area contributed by atoms with E-state index in [0.717, 1.165) is 10.0 Å². The van der Waals surface area contributed by atoms with E-state index in [2.05, 4.69) is 21.2 Å². The van der Waals surface area contributed by atoms with Crippen molar-refractivity contribution >= 4 is 50.6 Å². The number of nitrogens with two attached hydrogens (primary N) is 1. The van der Waals surface area contributed by atoms with Crippen molar-refractivity contribution in [3.63, 3.8) is 0 Å². The summed E-state index contributed by atoms with van der Waals surface area (Å²) in [5.74, 6) is -0.331. The summed E-state index contributed by atoms with van der Waals surface area (Å²) in [7, 11) is 0. The molecule has 2 rings (SSSR count). The zero-order valence-electron chi connectivity index (χ0n) is 10.8. The van der Waals surface area contributed by atoms with Gasteiger partial charge in [0, 0.05) is 4.47 Å². The highest BCUT2D eigenvalue weighted by atomic mass is 79.9. The molecule has 0 aliphatic carbocycles.